The molecule has 4 heteroatoms. The summed E-state index contributed by atoms with van der Waals surface area (Å²) in [5, 5.41) is 0. The Labute approximate surface area is 89.9 Å². The number of nitrogens with two attached hydrogens (primary N) is 1. The lowest BCUT2D eigenvalue weighted by molar-refractivity contribution is 0.0844. The summed E-state index contributed by atoms with van der Waals surface area (Å²) in [6, 6.07) is 2.06. The smallest absolute Gasteiger partial charge is 0.142 e. The molecule has 2 N–H and O–H groups in total. The van der Waals surface area contributed by atoms with Crippen molar-refractivity contribution in [3.05, 3.63) is 23.3 Å². The zero-order chi connectivity index (χ0) is 10.7. The van der Waals surface area contributed by atoms with Crippen molar-refractivity contribution < 1.29 is 4.74 Å². The topological polar surface area (TPSA) is 61.0 Å². The predicted molar refractivity (Wildman–Crippen MR) is 57.5 cm³/mol. The summed E-state index contributed by atoms with van der Waals surface area (Å²) in [6.45, 7) is 4.08. The first-order valence-corrected chi connectivity index (χ1v) is 5.42. The molecule has 0 saturated carbocycles. The average Bonchev–Trinajstić information content (AvgIpc) is 2.29. The molecule has 0 atom stereocenters. The van der Waals surface area contributed by atoms with Crippen LogP contribution in [0, 0.1) is 6.92 Å². The number of nitrogens with zero attached hydrogens (tertiary/aromatic N) is 2. The first kappa shape index (κ1) is 10.5. The Balaban J connectivity index is 2.22. The maximum absolute atomic E-state index is 5.57. The van der Waals surface area contributed by atoms with E-state index < -0.39 is 0 Å². The van der Waals surface area contributed by atoms with E-state index in [9.17, 15) is 0 Å². The van der Waals surface area contributed by atoms with Crippen molar-refractivity contribution in [2.75, 3.05) is 13.2 Å². The van der Waals surface area contributed by atoms with E-state index in [0.29, 0.717) is 12.5 Å². The van der Waals surface area contributed by atoms with Crippen molar-refractivity contribution in [3.8, 4) is 0 Å². The highest BCUT2D eigenvalue weighted by atomic mass is 16.5. The molecule has 2 rings (SSSR count). The lowest BCUT2D eigenvalue weighted by Crippen LogP contribution is -2.17. The molecule has 0 aromatic carbocycles. The third kappa shape index (κ3) is 2.52. The fourth-order valence-corrected chi connectivity index (χ4v) is 1.95. The maximum atomic E-state index is 5.57. The average molecular weight is 207 g/mol. The van der Waals surface area contributed by atoms with Gasteiger partial charge in [0.2, 0.25) is 0 Å². The van der Waals surface area contributed by atoms with Crippen LogP contribution in [0.2, 0.25) is 0 Å². The molecule has 0 radical (unpaired) electrons. The number of hydrogen-bond donors (Lipinski definition) is 1. The van der Waals surface area contributed by atoms with Crippen LogP contribution < -0.4 is 5.73 Å². The van der Waals surface area contributed by atoms with Gasteiger partial charge in [-0.25, -0.2) is 9.97 Å². The molecule has 2 heterocycles. The van der Waals surface area contributed by atoms with Crippen LogP contribution in [0.5, 0.6) is 0 Å². The van der Waals surface area contributed by atoms with Crippen LogP contribution in [0.15, 0.2) is 6.07 Å². The SMILES string of the molecule is Cc1cc(C2CCOCC2)nc(CN)n1. The van der Waals surface area contributed by atoms with Crippen molar-refractivity contribution in [1.82, 2.24) is 9.97 Å². The van der Waals surface area contributed by atoms with Crippen molar-refractivity contribution in [2.45, 2.75) is 32.2 Å². The van der Waals surface area contributed by atoms with Gasteiger partial charge >= 0.3 is 0 Å². The molecule has 1 aromatic rings. The zero-order valence-corrected chi connectivity index (χ0v) is 9.07. The van der Waals surface area contributed by atoms with Crippen molar-refractivity contribution >= 4 is 0 Å². The standard InChI is InChI=1S/C11H17N3O/c1-8-6-10(14-11(7-12)13-8)9-2-4-15-5-3-9/h6,9H,2-5,7,12H2,1H3. The molecule has 0 unspecified atom stereocenters. The van der Waals surface area contributed by atoms with Crippen LogP contribution in [0.3, 0.4) is 0 Å². The monoisotopic (exact) mass is 207 g/mol. The van der Waals surface area contributed by atoms with Gasteiger partial charge in [-0.3, -0.25) is 0 Å². The molecule has 0 spiro atoms. The molecule has 82 valence electrons. The molecule has 1 aliphatic rings. The van der Waals surface area contributed by atoms with E-state index in [4.69, 9.17) is 10.5 Å². The van der Waals surface area contributed by atoms with Crippen LogP contribution >= 0.6 is 0 Å². The second-order valence-electron chi connectivity index (χ2n) is 3.94. The van der Waals surface area contributed by atoms with Gasteiger partial charge in [0.15, 0.2) is 0 Å². The van der Waals surface area contributed by atoms with E-state index >= 15 is 0 Å². The molecule has 1 fully saturated rings. The molecular formula is C11H17N3O. The number of ether oxygens (including phenoxy) is 1. The van der Waals surface area contributed by atoms with E-state index in [2.05, 4.69) is 16.0 Å². The van der Waals surface area contributed by atoms with E-state index in [1.807, 2.05) is 6.92 Å². The Morgan fingerprint density at radius 1 is 1.40 bits per heavy atom. The highest BCUT2D eigenvalue weighted by Gasteiger charge is 2.18. The largest absolute Gasteiger partial charge is 0.381 e. The molecule has 0 amide bonds. The highest BCUT2D eigenvalue weighted by molar-refractivity contribution is 5.14. The molecule has 1 saturated heterocycles. The van der Waals surface area contributed by atoms with Gasteiger partial charge in [-0.05, 0) is 25.8 Å². The van der Waals surface area contributed by atoms with Gasteiger partial charge in [-0.1, -0.05) is 0 Å². The Morgan fingerprint density at radius 3 is 2.80 bits per heavy atom. The van der Waals surface area contributed by atoms with Gasteiger partial charge in [-0.2, -0.15) is 0 Å². The predicted octanol–water partition coefficient (Wildman–Crippen LogP) is 1.14. The zero-order valence-electron chi connectivity index (χ0n) is 9.07. The molecule has 0 aliphatic carbocycles. The van der Waals surface area contributed by atoms with Gasteiger partial charge in [0.25, 0.3) is 0 Å². The third-order valence-electron chi connectivity index (χ3n) is 2.74. The van der Waals surface area contributed by atoms with Gasteiger partial charge in [-0.15, -0.1) is 0 Å². The molecule has 0 bridgehead atoms. The van der Waals surface area contributed by atoms with Gasteiger partial charge in [0.1, 0.15) is 5.82 Å². The summed E-state index contributed by atoms with van der Waals surface area (Å²) < 4.78 is 5.34. The molecule has 4 nitrogen and oxygen atoms in total. The maximum Gasteiger partial charge on any atom is 0.142 e. The van der Waals surface area contributed by atoms with Crippen LogP contribution in [0.1, 0.15) is 36.0 Å². The van der Waals surface area contributed by atoms with Crippen LogP contribution in [0.4, 0.5) is 0 Å². The fourth-order valence-electron chi connectivity index (χ4n) is 1.95. The van der Waals surface area contributed by atoms with Gasteiger partial charge < -0.3 is 10.5 Å². The number of rotatable bonds is 2. The normalized spacial score (nSPS) is 18.0. The lowest BCUT2D eigenvalue weighted by atomic mass is 9.96. The fraction of sp³-hybridized carbons (Fsp3) is 0.636. The Hall–Kier alpha value is -1.00. The summed E-state index contributed by atoms with van der Waals surface area (Å²) in [5.74, 6) is 1.27. The second-order valence-corrected chi connectivity index (χ2v) is 3.94. The van der Waals surface area contributed by atoms with E-state index in [0.717, 1.165) is 43.3 Å². The molecule has 1 aromatic heterocycles. The van der Waals surface area contributed by atoms with Gasteiger partial charge in [0, 0.05) is 30.5 Å². The first-order valence-electron chi connectivity index (χ1n) is 5.42. The molecule has 15 heavy (non-hydrogen) atoms. The Bertz CT molecular complexity index is 335. The minimum absolute atomic E-state index is 0.415. The van der Waals surface area contributed by atoms with Crippen LogP contribution in [0.25, 0.3) is 0 Å². The number of aromatic nitrogens is 2. The minimum Gasteiger partial charge on any atom is -0.381 e. The van der Waals surface area contributed by atoms with Crippen molar-refractivity contribution in [1.29, 1.82) is 0 Å². The van der Waals surface area contributed by atoms with E-state index in [1.54, 1.807) is 0 Å². The second kappa shape index (κ2) is 4.68. The van der Waals surface area contributed by atoms with Gasteiger partial charge in [0.05, 0.1) is 6.54 Å². The summed E-state index contributed by atoms with van der Waals surface area (Å²) in [4.78, 5) is 8.76. The Morgan fingerprint density at radius 2 is 2.13 bits per heavy atom. The molecule has 1 aliphatic heterocycles. The Kier molecular flexibility index (Phi) is 3.28. The van der Waals surface area contributed by atoms with E-state index in [-0.39, 0.29) is 0 Å². The summed E-state index contributed by atoms with van der Waals surface area (Å²) in [7, 11) is 0. The lowest BCUT2D eigenvalue weighted by Gasteiger charge is -2.21. The first-order chi connectivity index (χ1) is 7.29. The highest BCUT2D eigenvalue weighted by Crippen LogP contribution is 2.25. The van der Waals surface area contributed by atoms with Crippen LogP contribution in [-0.4, -0.2) is 23.2 Å². The minimum atomic E-state index is 0.415. The van der Waals surface area contributed by atoms with Crippen molar-refractivity contribution in [2.24, 2.45) is 5.73 Å². The molecular weight excluding hydrogens is 190 g/mol. The van der Waals surface area contributed by atoms with Crippen LogP contribution in [-0.2, 0) is 11.3 Å². The van der Waals surface area contributed by atoms with Crippen molar-refractivity contribution in [3.63, 3.8) is 0 Å². The quantitative estimate of drug-likeness (QED) is 0.790. The van der Waals surface area contributed by atoms with E-state index in [1.165, 1.54) is 0 Å². The summed E-state index contributed by atoms with van der Waals surface area (Å²) in [6.07, 6.45) is 2.11. The number of aryl methyl sites for hydroxylation is 1. The number of hydrogen-bond acceptors (Lipinski definition) is 4. The third-order valence-corrected chi connectivity index (χ3v) is 2.74. The summed E-state index contributed by atoms with van der Waals surface area (Å²) in [5.41, 5.74) is 7.70. The summed E-state index contributed by atoms with van der Waals surface area (Å²) >= 11 is 0.